The number of phenols is 1. The number of unbranched alkanes of at least 4 members (excludes halogenated alkanes) is 24. The van der Waals surface area contributed by atoms with Crippen molar-refractivity contribution in [1.29, 1.82) is 0 Å². The number of ether oxygens (including phenoxy) is 3. The van der Waals surface area contributed by atoms with Gasteiger partial charge < -0.3 is 19.3 Å². The van der Waals surface area contributed by atoms with Crippen molar-refractivity contribution in [2.24, 2.45) is 0 Å². The molecule has 1 saturated heterocycles. The van der Waals surface area contributed by atoms with Crippen molar-refractivity contribution in [3.63, 3.8) is 0 Å². The number of hydrogen-bond donors (Lipinski definition) is 1. The Morgan fingerprint density at radius 3 is 1.37 bits per heavy atom. The molecule has 1 N–H and O–H groups in total. The fourth-order valence-electron chi connectivity index (χ4n) is 7.13. The maximum atomic E-state index is 13.9. The number of carbonyl (C=O) groups excluding carboxylic acids is 4. The van der Waals surface area contributed by atoms with E-state index >= 15 is 0 Å². The fourth-order valence-corrected chi connectivity index (χ4v) is 7.13. The largest absolute Gasteiger partial charge is 0.504 e. The van der Waals surface area contributed by atoms with Crippen molar-refractivity contribution in [1.82, 2.24) is 0 Å². The standard InChI is InChI=1S/C43H70O8/c1-4-6-8-10-12-14-16-18-20-22-24-26-28-30-36(44)41-35(32-33-37(45)42(41)49-3)43(50-39(47)34-40(48)51-43)38(46)31-29-27-25-23-21-19-17-15-13-11-9-7-5-2/h32-33,45H,4-31,34H2,1-3H3. The highest BCUT2D eigenvalue weighted by atomic mass is 16.7. The molecule has 0 saturated carbocycles. The van der Waals surface area contributed by atoms with Crippen molar-refractivity contribution in [3.05, 3.63) is 23.3 Å². The molecule has 0 spiro atoms. The second-order valence-electron chi connectivity index (χ2n) is 14.6. The highest BCUT2D eigenvalue weighted by molar-refractivity contribution is 6.05. The molecule has 51 heavy (non-hydrogen) atoms. The van der Waals surface area contributed by atoms with E-state index in [0.717, 1.165) is 38.5 Å². The molecule has 1 aromatic rings. The molecule has 8 nitrogen and oxygen atoms in total. The van der Waals surface area contributed by atoms with Gasteiger partial charge in [-0.1, -0.05) is 168 Å². The molecule has 290 valence electrons. The summed E-state index contributed by atoms with van der Waals surface area (Å²) in [5, 5.41) is 10.6. The van der Waals surface area contributed by atoms with Crippen LogP contribution in [0, 0.1) is 0 Å². The van der Waals surface area contributed by atoms with E-state index in [1.165, 1.54) is 135 Å². The number of hydrogen-bond acceptors (Lipinski definition) is 8. The summed E-state index contributed by atoms with van der Waals surface area (Å²) in [6.45, 7) is 4.48. The maximum absolute atomic E-state index is 13.9. The van der Waals surface area contributed by atoms with Crippen LogP contribution in [0.2, 0.25) is 0 Å². The van der Waals surface area contributed by atoms with Gasteiger partial charge in [-0.25, -0.2) is 0 Å². The van der Waals surface area contributed by atoms with Gasteiger partial charge in [0.25, 0.3) is 0 Å². The van der Waals surface area contributed by atoms with Crippen LogP contribution in [0.1, 0.15) is 216 Å². The van der Waals surface area contributed by atoms with Gasteiger partial charge in [0.1, 0.15) is 6.42 Å². The van der Waals surface area contributed by atoms with E-state index in [0.29, 0.717) is 12.8 Å². The molecule has 0 unspecified atom stereocenters. The highest BCUT2D eigenvalue weighted by Crippen LogP contribution is 2.43. The Morgan fingerprint density at radius 2 is 0.980 bits per heavy atom. The highest BCUT2D eigenvalue weighted by Gasteiger charge is 2.53. The van der Waals surface area contributed by atoms with E-state index in [1.807, 2.05) is 0 Å². The Hall–Kier alpha value is -2.90. The first-order valence-corrected chi connectivity index (χ1v) is 20.7. The molecule has 1 heterocycles. The molecule has 0 aliphatic carbocycles. The summed E-state index contributed by atoms with van der Waals surface area (Å²) < 4.78 is 16.6. The molecule has 0 atom stereocenters. The fraction of sp³-hybridized carbons (Fsp3) is 0.767. The van der Waals surface area contributed by atoms with E-state index in [4.69, 9.17) is 14.2 Å². The van der Waals surface area contributed by atoms with Crippen LogP contribution in [0.5, 0.6) is 11.5 Å². The number of ketones is 2. The summed E-state index contributed by atoms with van der Waals surface area (Å²) in [6, 6.07) is 2.61. The summed E-state index contributed by atoms with van der Waals surface area (Å²) in [6.07, 6.45) is 29.7. The van der Waals surface area contributed by atoms with E-state index in [1.54, 1.807) is 0 Å². The molecule has 0 radical (unpaired) electrons. The van der Waals surface area contributed by atoms with E-state index in [9.17, 15) is 24.3 Å². The minimum atomic E-state index is -2.40. The van der Waals surface area contributed by atoms with Gasteiger partial charge in [0.2, 0.25) is 5.78 Å². The summed E-state index contributed by atoms with van der Waals surface area (Å²) in [5.74, 6) is -5.58. The van der Waals surface area contributed by atoms with E-state index in [2.05, 4.69) is 13.8 Å². The summed E-state index contributed by atoms with van der Waals surface area (Å²) in [7, 11) is 1.32. The Balaban J connectivity index is 1.94. The molecular weight excluding hydrogens is 644 g/mol. The van der Waals surface area contributed by atoms with Crippen molar-refractivity contribution in [3.8, 4) is 11.5 Å². The van der Waals surface area contributed by atoms with Gasteiger partial charge in [-0.2, -0.15) is 0 Å². The quantitative estimate of drug-likeness (QED) is 0.0339. The van der Waals surface area contributed by atoms with Gasteiger partial charge >= 0.3 is 17.7 Å². The number of Topliss-reactive ketones (excluding diaryl/α,β-unsaturated/α-hetero) is 2. The molecule has 2 rings (SSSR count). The van der Waals surface area contributed by atoms with E-state index in [-0.39, 0.29) is 41.3 Å². The van der Waals surface area contributed by atoms with Gasteiger partial charge in [0.15, 0.2) is 17.3 Å². The number of carbonyl (C=O) groups is 4. The zero-order valence-electron chi connectivity index (χ0n) is 32.5. The van der Waals surface area contributed by atoms with Crippen LogP contribution in [0.25, 0.3) is 0 Å². The lowest BCUT2D eigenvalue weighted by Gasteiger charge is -2.36. The Labute approximate surface area is 309 Å². The van der Waals surface area contributed by atoms with Crippen LogP contribution in [-0.2, 0) is 29.6 Å². The number of rotatable bonds is 32. The zero-order valence-corrected chi connectivity index (χ0v) is 32.5. The Morgan fingerprint density at radius 1 is 0.608 bits per heavy atom. The van der Waals surface area contributed by atoms with Crippen LogP contribution in [0.4, 0.5) is 0 Å². The van der Waals surface area contributed by atoms with E-state index < -0.39 is 29.9 Å². The molecule has 0 aromatic heterocycles. The van der Waals surface area contributed by atoms with Crippen molar-refractivity contribution >= 4 is 23.5 Å². The Bertz CT molecular complexity index is 1140. The number of benzene rings is 1. The van der Waals surface area contributed by atoms with Gasteiger partial charge in [0, 0.05) is 12.8 Å². The maximum Gasteiger partial charge on any atom is 0.344 e. The summed E-state index contributed by atoms with van der Waals surface area (Å²) in [5.41, 5.74) is -0.157. The molecule has 1 aliphatic heterocycles. The van der Waals surface area contributed by atoms with Crippen molar-refractivity contribution in [2.45, 2.75) is 206 Å². The molecule has 1 aromatic carbocycles. The predicted molar refractivity (Wildman–Crippen MR) is 203 cm³/mol. The van der Waals surface area contributed by atoms with Gasteiger partial charge in [-0.15, -0.1) is 0 Å². The molecule has 0 bridgehead atoms. The SMILES string of the molecule is CCCCCCCCCCCCCCCC(=O)c1c(C2(C(=O)CCCCCCCCCCCCCCC)OC(=O)CC(=O)O2)ccc(O)c1OC. The Kier molecular flexibility index (Phi) is 23.3. The van der Waals surface area contributed by atoms with Gasteiger partial charge in [-0.3, -0.25) is 19.2 Å². The van der Waals surface area contributed by atoms with Crippen LogP contribution in [0.15, 0.2) is 12.1 Å². The number of esters is 2. The van der Waals surface area contributed by atoms with Crippen LogP contribution < -0.4 is 4.74 Å². The van der Waals surface area contributed by atoms with Gasteiger partial charge in [0.05, 0.1) is 18.2 Å². The predicted octanol–water partition coefficient (Wildman–Crippen LogP) is 11.8. The summed E-state index contributed by atoms with van der Waals surface area (Å²) >= 11 is 0. The number of cyclic esters (lactones) is 2. The summed E-state index contributed by atoms with van der Waals surface area (Å²) in [4.78, 5) is 52.9. The third-order valence-corrected chi connectivity index (χ3v) is 10.2. The smallest absolute Gasteiger partial charge is 0.344 e. The first-order chi connectivity index (χ1) is 24.8. The number of methoxy groups -OCH3 is 1. The minimum Gasteiger partial charge on any atom is -0.504 e. The lowest BCUT2D eigenvalue weighted by Crippen LogP contribution is -2.49. The number of aromatic hydroxyl groups is 1. The lowest BCUT2D eigenvalue weighted by molar-refractivity contribution is -0.243. The third-order valence-electron chi connectivity index (χ3n) is 10.2. The third kappa shape index (κ3) is 16.5. The van der Waals surface area contributed by atoms with Crippen molar-refractivity contribution < 1.29 is 38.5 Å². The first-order valence-electron chi connectivity index (χ1n) is 20.7. The molecule has 1 fully saturated rings. The topological polar surface area (TPSA) is 116 Å². The van der Waals surface area contributed by atoms with Crippen LogP contribution >= 0.6 is 0 Å². The number of phenolic OH excluding ortho intramolecular Hbond substituents is 1. The monoisotopic (exact) mass is 715 g/mol. The first kappa shape index (κ1) is 44.3. The van der Waals surface area contributed by atoms with Crippen molar-refractivity contribution in [2.75, 3.05) is 7.11 Å². The zero-order chi connectivity index (χ0) is 37.2. The normalized spacial score (nSPS) is 13.9. The molecular formula is C43H70O8. The molecule has 1 aliphatic rings. The minimum absolute atomic E-state index is 0.00794. The molecule has 8 heteroatoms. The van der Waals surface area contributed by atoms with Crippen LogP contribution in [0.3, 0.4) is 0 Å². The van der Waals surface area contributed by atoms with Crippen LogP contribution in [-0.4, -0.2) is 35.7 Å². The van der Waals surface area contributed by atoms with Gasteiger partial charge in [-0.05, 0) is 25.0 Å². The second kappa shape index (κ2) is 26.8. The second-order valence-corrected chi connectivity index (χ2v) is 14.6. The average Bonchev–Trinajstić information content (AvgIpc) is 3.11. The molecule has 0 amide bonds. The lowest BCUT2D eigenvalue weighted by atomic mass is 9.88. The average molecular weight is 715 g/mol.